The van der Waals surface area contributed by atoms with Gasteiger partial charge in [0, 0.05) is 6.07 Å². The van der Waals surface area contributed by atoms with Gasteiger partial charge in [-0.3, -0.25) is 0 Å². The van der Waals surface area contributed by atoms with E-state index in [0.717, 1.165) is 8.99 Å². The quantitative estimate of drug-likeness (QED) is 0.785. The van der Waals surface area contributed by atoms with Gasteiger partial charge in [-0.05, 0) is 34.1 Å². The molecule has 2 heterocycles. The van der Waals surface area contributed by atoms with Crippen molar-refractivity contribution in [3.63, 3.8) is 0 Å². The Labute approximate surface area is 109 Å². The number of hydrogen-bond donors (Lipinski definition) is 1. The number of ether oxygens (including phenoxy) is 1. The molecule has 0 spiro atoms. The Kier molecular flexibility index (Phi) is 2.60. The highest BCUT2D eigenvalue weighted by Gasteiger charge is 2.06. The van der Waals surface area contributed by atoms with Crippen molar-refractivity contribution < 1.29 is 4.74 Å². The molecule has 18 heavy (non-hydrogen) atoms. The molecule has 0 bridgehead atoms. The minimum atomic E-state index is -0.400. The van der Waals surface area contributed by atoms with Gasteiger partial charge in [0.2, 0.25) is 5.88 Å². The van der Waals surface area contributed by atoms with Crippen LogP contribution in [0.25, 0.3) is 5.65 Å². The second kappa shape index (κ2) is 4.26. The number of rotatable bonds is 2. The molecular weight excluding hydrogens is 300 g/mol. The van der Waals surface area contributed by atoms with Crippen molar-refractivity contribution in [2.75, 3.05) is 0 Å². The highest BCUT2D eigenvalue weighted by molar-refractivity contribution is 9.10. The molecule has 0 saturated carbocycles. The lowest BCUT2D eigenvalue weighted by Gasteiger charge is -2.05. The van der Waals surface area contributed by atoms with E-state index < -0.39 is 5.69 Å². The molecule has 3 rings (SSSR count). The molecule has 0 fully saturated rings. The number of nitrogens with one attached hydrogen (secondary N) is 1. The summed E-state index contributed by atoms with van der Waals surface area (Å²) in [5, 5.41) is 10.1. The molecule has 90 valence electrons. The minimum Gasteiger partial charge on any atom is -0.436 e. The van der Waals surface area contributed by atoms with Crippen LogP contribution in [0.3, 0.4) is 0 Å². The normalized spacial score (nSPS) is 10.7. The zero-order chi connectivity index (χ0) is 12.5. The van der Waals surface area contributed by atoms with Crippen molar-refractivity contribution >= 4 is 21.6 Å². The van der Waals surface area contributed by atoms with Crippen molar-refractivity contribution in [1.29, 1.82) is 0 Å². The monoisotopic (exact) mass is 306 g/mol. The first kappa shape index (κ1) is 11.0. The van der Waals surface area contributed by atoms with Crippen molar-refractivity contribution in [3.8, 4) is 11.6 Å². The Morgan fingerprint density at radius 1 is 1.22 bits per heavy atom. The zero-order valence-corrected chi connectivity index (χ0v) is 10.6. The molecule has 0 aliphatic heterocycles. The molecular formula is C11H7BrN4O2. The first-order chi connectivity index (χ1) is 8.74. The van der Waals surface area contributed by atoms with E-state index in [1.807, 2.05) is 18.2 Å². The van der Waals surface area contributed by atoms with E-state index in [1.165, 1.54) is 0 Å². The summed E-state index contributed by atoms with van der Waals surface area (Å²) in [5.41, 5.74) is 0.0436. The van der Waals surface area contributed by atoms with Crippen LogP contribution in [0.15, 0.2) is 45.7 Å². The molecule has 0 aliphatic carbocycles. The van der Waals surface area contributed by atoms with E-state index in [9.17, 15) is 4.79 Å². The smallest absolute Gasteiger partial charge is 0.364 e. The average Bonchev–Trinajstić information content (AvgIpc) is 2.74. The first-order valence-corrected chi connectivity index (χ1v) is 5.90. The number of halogens is 1. The van der Waals surface area contributed by atoms with Crippen LogP contribution in [0.1, 0.15) is 0 Å². The maximum absolute atomic E-state index is 11.4. The predicted molar refractivity (Wildman–Crippen MR) is 67.8 cm³/mol. The Bertz CT molecular complexity index is 765. The van der Waals surface area contributed by atoms with Crippen molar-refractivity contribution in [2.24, 2.45) is 0 Å². The highest BCUT2D eigenvalue weighted by Crippen LogP contribution is 2.27. The number of hydrogen-bond acceptors (Lipinski definition) is 4. The fourth-order valence-electron chi connectivity index (χ4n) is 1.48. The molecule has 0 aliphatic rings. The van der Waals surface area contributed by atoms with Crippen LogP contribution in [-0.4, -0.2) is 19.8 Å². The lowest BCUT2D eigenvalue weighted by Crippen LogP contribution is -2.12. The van der Waals surface area contributed by atoms with Gasteiger partial charge in [-0.1, -0.05) is 12.1 Å². The molecule has 3 aromatic rings. The molecule has 2 aromatic heterocycles. The van der Waals surface area contributed by atoms with Crippen LogP contribution in [-0.2, 0) is 0 Å². The summed E-state index contributed by atoms with van der Waals surface area (Å²) < 4.78 is 7.54. The van der Waals surface area contributed by atoms with Gasteiger partial charge in [-0.15, -0.1) is 5.10 Å². The van der Waals surface area contributed by atoms with Gasteiger partial charge in [0.1, 0.15) is 5.75 Å². The number of nitrogens with zero attached hydrogens (tertiary/aromatic N) is 3. The Morgan fingerprint density at radius 3 is 2.89 bits per heavy atom. The second-order valence-electron chi connectivity index (χ2n) is 3.50. The second-order valence-corrected chi connectivity index (χ2v) is 4.36. The van der Waals surface area contributed by atoms with E-state index in [1.54, 1.807) is 18.2 Å². The summed E-state index contributed by atoms with van der Waals surface area (Å²) >= 11 is 3.37. The maximum atomic E-state index is 11.4. The predicted octanol–water partition coefficient (Wildman–Crippen LogP) is 1.97. The number of para-hydroxylation sites is 1. The van der Waals surface area contributed by atoms with Gasteiger partial charge in [0.05, 0.1) is 4.47 Å². The zero-order valence-electron chi connectivity index (χ0n) is 9.00. The van der Waals surface area contributed by atoms with Crippen molar-refractivity contribution in [3.05, 3.63) is 51.4 Å². The molecule has 6 nitrogen and oxygen atoms in total. The van der Waals surface area contributed by atoms with Gasteiger partial charge in [-0.2, -0.15) is 9.61 Å². The largest absolute Gasteiger partial charge is 0.436 e. The van der Waals surface area contributed by atoms with Crippen molar-refractivity contribution in [2.45, 2.75) is 0 Å². The SMILES string of the molecule is O=c1[nH]nc2ccc(Oc3ccccc3Br)nn12. The Morgan fingerprint density at radius 2 is 2.06 bits per heavy atom. The van der Waals surface area contributed by atoms with E-state index in [0.29, 0.717) is 17.3 Å². The number of H-pyrrole nitrogens is 1. The third kappa shape index (κ3) is 1.88. The van der Waals surface area contributed by atoms with Gasteiger partial charge in [-0.25, -0.2) is 9.89 Å². The van der Waals surface area contributed by atoms with Gasteiger partial charge in [0.15, 0.2) is 5.65 Å². The van der Waals surface area contributed by atoms with Crippen LogP contribution in [0.4, 0.5) is 0 Å². The number of aromatic amines is 1. The molecule has 0 unspecified atom stereocenters. The summed E-state index contributed by atoms with van der Waals surface area (Å²) in [6, 6.07) is 10.7. The van der Waals surface area contributed by atoms with Gasteiger partial charge >= 0.3 is 5.69 Å². The number of aromatic nitrogens is 4. The van der Waals surface area contributed by atoms with Crippen LogP contribution < -0.4 is 10.4 Å². The fourth-order valence-corrected chi connectivity index (χ4v) is 1.85. The Balaban J connectivity index is 2.03. The lowest BCUT2D eigenvalue weighted by molar-refractivity contribution is 0.449. The highest BCUT2D eigenvalue weighted by atomic mass is 79.9. The topological polar surface area (TPSA) is 72.3 Å². The summed E-state index contributed by atoms with van der Waals surface area (Å²) in [7, 11) is 0. The van der Waals surface area contributed by atoms with E-state index >= 15 is 0 Å². The lowest BCUT2D eigenvalue weighted by atomic mass is 10.3. The van der Waals surface area contributed by atoms with Gasteiger partial charge in [0.25, 0.3) is 0 Å². The standard InChI is InChI=1S/C11H7BrN4O2/c12-7-3-1-2-4-8(7)18-10-6-5-9-13-14-11(17)16(9)15-10/h1-6H,(H,14,17). The van der Waals surface area contributed by atoms with Crippen LogP contribution in [0.2, 0.25) is 0 Å². The third-order valence-corrected chi connectivity index (χ3v) is 2.96. The first-order valence-electron chi connectivity index (χ1n) is 5.11. The molecule has 0 amide bonds. The summed E-state index contributed by atoms with van der Waals surface area (Å²) in [5.74, 6) is 0.943. The Hall–Kier alpha value is -2.15. The van der Waals surface area contributed by atoms with Crippen LogP contribution >= 0.6 is 15.9 Å². The van der Waals surface area contributed by atoms with Crippen molar-refractivity contribution in [1.82, 2.24) is 19.8 Å². The molecule has 7 heteroatoms. The summed E-state index contributed by atoms with van der Waals surface area (Å²) in [6.45, 7) is 0. The minimum absolute atomic E-state index is 0.318. The maximum Gasteiger partial charge on any atom is 0.364 e. The number of fused-ring (bicyclic) bond motifs is 1. The number of benzene rings is 1. The molecule has 0 saturated heterocycles. The summed E-state index contributed by atoms with van der Waals surface area (Å²) in [4.78, 5) is 11.4. The van der Waals surface area contributed by atoms with Gasteiger partial charge < -0.3 is 4.74 Å². The van der Waals surface area contributed by atoms with E-state index in [2.05, 4.69) is 31.2 Å². The van der Waals surface area contributed by atoms with E-state index in [-0.39, 0.29) is 0 Å². The molecule has 0 atom stereocenters. The molecule has 0 radical (unpaired) electrons. The molecule has 1 N–H and O–H groups in total. The van der Waals surface area contributed by atoms with Crippen LogP contribution in [0, 0.1) is 0 Å². The summed E-state index contributed by atoms with van der Waals surface area (Å²) in [6.07, 6.45) is 0. The third-order valence-electron chi connectivity index (χ3n) is 2.30. The van der Waals surface area contributed by atoms with E-state index in [4.69, 9.17) is 4.74 Å². The fraction of sp³-hybridized carbons (Fsp3) is 0. The molecule has 1 aromatic carbocycles. The van der Waals surface area contributed by atoms with Crippen LogP contribution in [0.5, 0.6) is 11.6 Å². The average molecular weight is 307 g/mol.